The zero-order chi connectivity index (χ0) is 16.1. The fourth-order valence-corrected chi connectivity index (χ4v) is 2.64. The molecular weight excluding hydrogens is 280 g/mol. The van der Waals surface area contributed by atoms with E-state index in [1.165, 1.54) is 0 Å². The number of para-hydroxylation sites is 2. The molecule has 0 aliphatic carbocycles. The first kappa shape index (κ1) is 14.6. The second-order valence-corrected chi connectivity index (χ2v) is 5.06. The molecule has 0 bridgehead atoms. The minimum atomic E-state index is 0.620. The van der Waals surface area contributed by atoms with Crippen molar-refractivity contribution in [3.63, 3.8) is 0 Å². The number of hydrogen-bond acceptors (Lipinski definition) is 2. The molecule has 0 saturated carbocycles. The van der Waals surface area contributed by atoms with E-state index in [0.29, 0.717) is 5.56 Å². The fraction of sp³-hybridized carbons (Fsp3) is 0. The van der Waals surface area contributed by atoms with Gasteiger partial charge in [-0.05, 0) is 36.4 Å². The SMILES string of the molecule is C=Cc1c(C#N)cccc1N(c1ccccc1)c1ccccc1. The van der Waals surface area contributed by atoms with Crippen LogP contribution in [0.5, 0.6) is 0 Å². The summed E-state index contributed by atoms with van der Waals surface area (Å²) in [7, 11) is 0. The van der Waals surface area contributed by atoms with Crippen LogP contribution < -0.4 is 4.90 Å². The smallest absolute Gasteiger partial charge is 0.0998 e. The van der Waals surface area contributed by atoms with E-state index in [0.717, 1.165) is 22.6 Å². The predicted molar refractivity (Wildman–Crippen MR) is 95.9 cm³/mol. The molecule has 0 amide bonds. The summed E-state index contributed by atoms with van der Waals surface area (Å²) in [5, 5.41) is 9.38. The van der Waals surface area contributed by atoms with Crippen LogP contribution in [0.1, 0.15) is 11.1 Å². The highest BCUT2D eigenvalue weighted by atomic mass is 15.1. The molecule has 0 spiro atoms. The van der Waals surface area contributed by atoms with E-state index in [9.17, 15) is 5.26 Å². The van der Waals surface area contributed by atoms with Gasteiger partial charge >= 0.3 is 0 Å². The number of anilines is 3. The Morgan fingerprint density at radius 2 is 1.35 bits per heavy atom. The highest BCUT2D eigenvalue weighted by molar-refractivity contribution is 5.84. The minimum absolute atomic E-state index is 0.620. The quantitative estimate of drug-likeness (QED) is 0.620. The third-order valence-corrected chi connectivity index (χ3v) is 3.68. The van der Waals surface area contributed by atoms with Crippen molar-refractivity contribution in [1.82, 2.24) is 0 Å². The Morgan fingerprint density at radius 3 is 1.83 bits per heavy atom. The molecule has 110 valence electrons. The van der Waals surface area contributed by atoms with Crippen molar-refractivity contribution in [3.05, 3.63) is 96.6 Å². The van der Waals surface area contributed by atoms with Gasteiger partial charge in [-0.25, -0.2) is 0 Å². The van der Waals surface area contributed by atoms with Gasteiger partial charge in [0.2, 0.25) is 0 Å². The van der Waals surface area contributed by atoms with Crippen LogP contribution in [-0.4, -0.2) is 0 Å². The Labute approximate surface area is 136 Å². The molecule has 0 heterocycles. The highest BCUT2D eigenvalue weighted by Gasteiger charge is 2.16. The second-order valence-electron chi connectivity index (χ2n) is 5.06. The van der Waals surface area contributed by atoms with Crippen molar-refractivity contribution in [2.45, 2.75) is 0 Å². The Balaban J connectivity index is 2.26. The normalized spacial score (nSPS) is 9.87. The molecule has 0 atom stereocenters. The van der Waals surface area contributed by atoms with E-state index < -0.39 is 0 Å². The summed E-state index contributed by atoms with van der Waals surface area (Å²) in [5.41, 5.74) is 4.47. The number of hydrogen-bond donors (Lipinski definition) is 0. The maximum atomic E-state index is 9.38. The molecule has 3 aromatic rings. The third-order valence-electron chi connectivity index (χ3n) is 3.68. The molecule has 0 aromatic heterocycles. The Kier molecular flexibility index (Phi) is 4.22. The summed E-state index contributed by atoms with van der Waals surface area (Å²) in [5.74, 6) is 0. The first-order chi connectivity index (χ1) is 11.3. The van der Waals surface area contributed by atoms with Crippen molar-refractivity contribution in [2.75, 3.05) is 4.90 Å². The molecule has 0 N–H and O–H groups in total. The molecular formula is C21H16N2. The standard InChI is InChI=1S/C21H16N2/c1-2-20-17(16-22)10-9-15-21(20)23(18-11-5-3-6-12-18)19-13-7-4-8-14-19/h2-15H,1H2. The molecule has 0 unspecified atom stereocenters. The van der Waals surface area contributed by atoms with Gasteiger partial charge in [0.1, 0.15) is 0 Å². The monoisotopic (exact) mass is 296 g/mol. The van der Waals surface area contributed by atoms with Gasteiger partial charge in [0.05, 0.1) is 17.3 Å². The summed E-state index contributed by atoms with van der Waals surface area (Å²) in [6.07, 6.45) is 1.74. The Bertz CT molecular complexity index is 807. The van der Waals surface area contributed by atoms with E-state index in [-0.39, 0.29) is 0 Å². The molecule has 0 saturated heterocycles. The molecule has 2 heteroatoms. The van der Waals surface area contributed by atoms with Gasteiger partial charge in [0.15, 0.2) is 0 Å². The van der Waals surface area contributed by atoms with E-state index in [1.54, 1.807) is 6.08 Å². The van der Waals surface area contributed by atoms with E-state index in [4.69, 9.17) is 0 Å². The van der Waals surface area contributed by atoms with Crippen LogP contribution in [0.3, 0.4) is 0 Å². The van der Waals surface area contributed by atoms with Crippen LogP contribution in [0.2, 0.25) is 0 Å². The van der Waals surface area contributed by atoms with Gasteiger partial charge in [-0.1, -0.05) is 55.1 Å². The predicted octanol–water partition coefficient (Wildman–Crippen LogP) is 5.67. The summed E-state index contributed by atoms with van der Waals surface area (Å²) in [6, 6.07) is 28.2. The van der Waals surface area contributed by atoms with Crippen molar-refractivity contribution in [3.8, 4) is 6.07 Å². The molecule has 2 nitrogen and oxygen atoms in total. The minimum Gasteiger partial charge on any atom is -0.310 e. The first-order valence-electron chi connectivity index (χ1n) is 7.41. The van der Waals surface area contributed by atoms with Crippen LogP contribution >= 0.6 is 0 Å². The van der Waals surface area contributed by atoms with Crippen LogP contribution in [0, 0.1) is 11.3 Å². The molecule has 3 rings (SSSR count). The van der Waals surface area contributed by atoms with Crippen molar-refractivity contribution in [2.24, 2.45) is 0 Å². The lowest BCUT2D eigenvalue weighted by atomic mass is 10.0. The molecule has 3 aromatic carbocycles. The maximum Gasteiger partial charge on any atom is 0.0998 e. The number of nitriles is 1. The molecule has 23 heavy (non-hydrogen) atoms. The average molecular weight is 296 g/mol. The largest absolute Gasteiger partial charge is 0.310 e. The Morgan fingerprint density at radius 1 is 0.783 bits per heavy atom. The number of benzene rings is 3. The van der Waals surface area contributed by atoms with Crippen LogP contribution in [0.25, 0.3) is 6.08 Å². The number of rotatable bonds is 4. The van der Waals surface area contributed by atoms with E-state index in [2.05, 4.69) is 41.8 Å². The van der Waals surface area contributed by atoms with E-state index in [1.807, 2.05) is 54.6 Å². The van der Waals surface area contributed by atoms with Gasteiger partial charge < -0.3 is 4.90 Å². The fourth-order valence-electron chi connectivity index (χ4n) is 2.64. The molecule has 0 fully saturated rings. The van der Waals surface area contributed by atoms with E-state index >= 15 is 0 Å². The lowest BCUT2D eigenvalue weighted by Crippen LogP contribution is -2.11. The lowest BCUT2D eigenvalue weighted by Gasteiger charge is -2.27. The summed E-state index contributed by atoms with van der Waals surface area (Å²) in [6.45, 7) is 3.89. The summed E-state index contributed by atoms with van der Waals surface area (Å²) >= 11 is 0. The van der Waals surface area contributed by atoms with Crippen LogP contribution in [0.4, 0.5) is 17.1 Å². The van der Waals surface area contributed by atoms with Crippen molar-refractivity contribution < 1.29 is 0 Å². The first-order valence-corrected chi connectivity index (χ1v) is 7.41. The third kappa shape index (κ3) is 2.86. The van der Waals surface area contributed by atoms with Gasteiger partial charge in [-0.3, -0.25) is 0 Å². The zero-order valence-corrected chi connectivity index (χ0v) is 12.7. The zero-order valence-electron chi connectivity index (χ0n) is 12.7. The average Bonchev–Trinajstić information content (AvgIpc) is 2.63. The van der Waals surface area contributed by atoms with Gasteiger partial charge in [-0.2, -0.15) is 5.26 Å². The van der Waals surface area contributed by atoms with Gasteiger partial charge in [0, 0.05) is 16.9 Å². The lowest BCUT2D eigenvalue weighted by molar-refractivity contribution is 1.27. The van der Waals surface area contributed by atoms with Gasteiger partial charge in [0.25, 0.3) is 0 Å². The Hall–Kier alpha value is -3.31. The molecule has 0 radical (unpaired) electrons. The second kappa shape index (κ2) is 6.64. The summed E-state index contributed by atoms with van der Waals surface area (Å²) in [4.78, 5) is 2.14. The van der Waals surface area contributed by atoms with Crippen LogP contribution in [0.15, 0.2) is 85.4 Å². The van der Waals surface area contributed by atoms with Crippen molar-refractivity contribution >= 4 is 23.1 Å². The number of nitrogens with zero attached hydrogens (tertiary/aromatic N) is 2. The highest BCUT2D eigenvalue weighted by Crippen LogP contribution is 2.37. The maximum absolute atomic E-state index is 9.38. The van der Waals surface area contributed by atoms with Crippen LogP contribution in [-0.2, 0) is 0 Å². The van der Waals surface area contributed by atoms with Gasteiger partial charge in [-0.15, -0.1) is 0 Å². The molecule has 0 aliphatic rings. The summed E-state index contributed by atoms with van der Waals surface area (Å²) < 4.78 is 0. The van der Waals surface area contributed by atoms with Crippen molar-refractivity contribution in [1.29, 1.82) is 5.26 Å². The topological polar surface area (TPSA) is 27.0 Å². The molecule has 0 aliphatic heterocycles.